The van der Waals surface area contributed by atoms with Crippen molar-refractivity contribution in [3.63, 3.8) is 0 Å². The maximum absolute atomic E-state index is 12.6. The number of amides is 2. The highest BCUT2D eigenvalue weighted by atomic mass is 32.2. The molecule has 2 rings (SSSR count). The molecule has 5 heteroatoms. The number of piperazine rings is 1. The lowest BCUT2D eigenvalue weighted by molar-refractivity contribution is -0.150. The van der Waals surface area contributed by atoms with Crippen molar-refractivity contribution in [3.8, 4) is 0 Å². The Bertz CT molecular complexity index is 369. The van der Waals surface area contributed by atoms with Crippen LogP contribution < -0.4 is 5.32 Å². The molecule has 1 N–H and O–H groups in total. The van der Waals surface area contributed by atoms with Crippen LogP contribution in [-0.4, -0.2) is 46.8 Å². The highest BCUT2D eigenvalue weighted by Crippen LogP contribution is 2.35. The van der Waals surface area contributed by atoms with E-state index < -0.39 is 0 Å². The van der Waals surface area contributed by atoms with Crippen molar-refractivity contribution in [2.75, 3.05) is 18.1 Å². The normalized spacial score (nSPS) is 27.1. The van der Waals surface area contributed by atoms with Crippen molar-refractivity contribution in [3.05, 3.63) is 0 Å². The van der Waals surface area contributed by atoms with E-state index in [-0.39, 0.29) is 23.9 Å². The monoisotopic (exact) mass is 298 g/mol. The summed E-state index contributed by atoms with van der Waals surface area (Å²) in [5.41, 5.74) is 0. The fourth-order valence-corrected chi connectivity index (χ4v) is 3.40. The van der Waals surface area contributed by atoms with Crippen molar-refractivity contribution < 1.29 is 9.59 Å². The van der Waals surface area contributed by atoms with Crippen LogP contribution in [0.1, 0.15) is 40.0 Å². The smallest absolute Gasteiger partial charge is 0.246 e. The highest BCUT2D eigenvalue weighted by molar-refractivity contribution is 7.99. The quantitative estimate of drug-likeness (QED) is 0.730. The summed E-state index contributed by atoms with van der Waals surface area (Å²) in [5, 5.41) is 2.97. The minimum absolute atomic E-state index is 0.0525. The van der Waals surface area contributed by atoms with Crippen molar-refractivity contribution in [2.24, 2.45) is 11.8 Å². The van der Waals surface area contributed by atoms with Crippen LogP contribution in [0, 0.1) is 11.8 Å². The van der Waals surface area contributed by atoms with E-state index in [1.54, 1.807) is 0 Å². The van der Waals surface area contributed by atoms with E-state index in [1.165, 1.54) is 0 Å². The largest absolute Gasteiger partial charge is 0.342 e. The number of nitrogens with one attached hydrogen (secondary N) is 1. The third-order valence-corrected chi connectivity index (χ3v) is 4.87. The summed E-state index contributed by atoms with van der Waals surface area (Å²) in [6, 6.07) is -0.521. The fourth-order valence-electron chi connectivity index (χ4n) is 2.79. The number of rotatable bonds is 7. The standard InChI is InChI=1S/C15H26N2O2S/c1-4-20-8-7-17-12(9-10(2)3)14(18)16-13(15(17)19)11-5-6-11/h10-13H,4-9H2,1-3H3,(H,16,18). The van der Waals surface area contributed by atoms with Gasteiger partial charge < -0.3 is 10.2 Å². The Morgan fingerprint density at radius 2 is 2.05 bits per heavy atom. The van der Waals surface area contributed by atoms with Gasteiger partial charge in [-0.05, 0) is 36.9 Å². The molecule has 1 aliphatic carbocycles. The van der Waals surface area contributed by atoms with Gasteiger partial charge in [-0.25, -0.2) is 0 Å². The number of hydrogen-bond donors (Lipinski definition) is 1. The molecule has 0 spiro atoms. The predicted molar refractivity (Wildman–Crippen MR) is 82.6 cm³/mol. The molecule has 0 bridgehead atoms. The zero-order valence-corrected chi connectivity index (χ0v) is 13.5. The molecule has 1 aliphatic heterocycles. The summed E-state index contributed by atoms with van der Waals surface area (Å²) < 4.78 is 0. The van der Waals surface area contributed by atoms with E-state index >= 15 is 0 Å². The number of carbonyl (C=O) groups is 2. The Kier molecular flexibility index (Phi) is 5.35. The van der Waals surface area contributed by atoms with Gasteiger partial charge in [0.25, 0.3) is 0 Å². The van der Waals surface area contributed by atoms with Crippen LogP contribution in [0.5, 0.6) is 0 Å². The molecule has 0 radical (unpaired) electrons. The molecule has 1 saturated heterocycles. The molecule has 2 fully saturated rings. The SMILES string of the molecule is CCSCCN1C(=O)C(C2CC2)NC(=O)C1CC(C)C. The lowest BCUT2D eigenvalue weighted by Gasteiger charge is -2.40. The molecule has 114 valence electrons. The number of carbonyl (C=O) groups excluding carboxylic acids is 2. The third-order valence-electron chi connectivity index (χ3n) is 3.99. The van der Waals surface area contributed by atoms with Crippen LogP contribution in [0.2, 0.25) is 0 Å². The zero-order chi connectivity index (χ0) is 14.7. The fraction of sp³-hybridized carbons (Fsp3) is 0.867. The summed E-state index contributed by atoms with van der Waals surface area (Å²) in [5.74, 6) is 2.97. The second kappa shape index (κ2) is 6.83. The first-order valence-electron chi connectivity index (χ1n) is 7.73. The summed E-state index contributed by atoms with van der Waals surface area (Å²) in [6.45, 7) is 7.02. The van der Waals surface area contributed by atoms with Crippen molar-refractivity contribution >= 4 is 23.6 Å². The molecule has 2 amide bonds. The summed E-state index contributed by atoms with van der Waals surface area (Å²) in [7, 11) is 0. The van der Waals surface area contributed by atoms with E-state index in [9.17, 15) is 9.59 Å². The average Bonchev–Trinajstić information content (AvgIpc) is 3.21. The lowest BCUT2D eigenvalue weighted by atomic mass is 9.96. The number of nitrogens with zero attached hydrogens (tertiary/aromatic N) is 1. The highest BCUT2D eigenvalue weighted by Gasteiger charge is 2.46. The summed E-state index contributed by atoms with van der Waals surface area (Å²) in [6.07, 6.45) is 2.90. The minimum Gasteiger partial charge on any atom is -0.342 e. The molecule has 0 aromatic carbocycles. The predicted octanol–water partition coefficient (Wildman–Crippen LogP) is 1.89. The van der Waals surface area contributed by atoms with Crippen LogP contribution in [0.4, 0.5) is 0 Å². The number of hydrogen-bond acceptors (Lipinski definition) is 3. The van der Waals surface area contributed by atoms with Crippen molar-refractivity contribution in [2.45, 2.75) is 52.1 Å². The Labute approximate surface area is 126 Å². The first kappa shape index (κ1) is 15.7. The first-order chi connectivity index (χ1) is 9.54. The molecule has 1 saturated carbocycles. The Morgan fingerprint density at radius 3 is 2.60 bits per heavy atom. The van der Waals surface area contributed by atoms with E-state index in [2.05, 4.69) is 26.1 Å². The molecule has 0 aromatic heterocycles. The van der Waals surface area contributed by atoms with Gasteiger partial charge >= 0.3 is 0 Å². The van der Waals surface area contributed by atoms with Gasteiger partial charge in [0.1, 0.15) is 12.1 Å². The maximum atomic E-state index is 12.6. The molecule has 20 heavy (non-hydrogen) atoms. The Hall–Kier alpha value is -0.710. The Morgan fingerprint density at radius 1 is 1.35 bits per heavy atom. The van der Waals surface area contributed by atoms with Gasteiger partial charge in [0, 0.05) is 12.3 Å². The van der Waals surface area contributed by atoms with Gasteiger partial charge in [0.15, 0.2) is 0 Å². The van der Waals surface area contributed by atoms with E-state index in [1.807, 2.05) is 16.7 Å². The molecule has 0 aromatic rings. The van der Waals surface area contributed by atoms with Gasteiger partial charge in [0.05, 0.1) is 0 Å². The van der Waals surface area contributed by atoms with E-state index in [4.69, 9.17) is 0 Å². The van der Waals surface area contributed by atoms with Gasteiger partial charge in [0.2, 0.25) is 11.8 Å². The van der Waals surface area contributed by atoms with E-state index in [0.29, 0.717) is 18.4 Å². The van der Waals surface area contributed by atoms with Gasteiger partial charge in [-0.15, -0.1) is 0 Å². The topological polar surface area (TPSA) is 49.4 Å². The van der Waals surface area contributed by atoms with Crippen LogP contribution in [0.15, 0.2) is 0 Å². The molecular weight excluding hydrogens is 272 g/mol. The minimum atomic E-state index is -0.269. The first-order valence-corrected chi connectivity index (χ1v) is 8.88. The van der Waals surface area contributed by atoms with E-state index in [0.717, 1.165) is 30.8 Å². The summed E-state index contributed by atoms with van der Waals surface area (Å²) >= 11 is 1.83. The average molecular weight is 298 g/mol. The Balaban J connectivity index is 2.07. The van der Waals surface area contributed by atoms with Crippen molar-refractivity contribution in [1.82, 2.24) is 10.2 Å². The van der Waals surface area contributed by atoms with Gasteiger partial charge in [-0.2, -0.15) is 11.8 Å². The summed E-state index contributed by atoms with van der Waals surface area (Å²) in [4.78, 5) is 26.8. The third kappa shape index (κ3) is 3.68. The number of thioether (sulfide) groups is 1. The molecule has 4 nitrogen and oxygen atoms in total. The second-order valence-corrected chi connectivity index (χ2v) is 7.59. The van der Waals surface area contributed by atoms with Crippen molar-refractivity contribution in [1.29, 1.82) is 0 Å². The molecular formula is C15H26N2O2S. The second-order valence-electron chi connectivity index (χ2n) is 6.20. The molecule has 2 unspecified atom stereocenters. The molecule has 2 atom stereocenters. The van der Waals surface area contributed by atoms with Crippen LogP contribution in [0.3, 0.4) is 0 Å². The zero-order valence-electron chi connectivity index (χ0n) is 12.7. The van der Waals surface area contributed by atoms with Crippen LogP contribution >= 0.6 is 11.8 Å². The lowest BCUT2D eigenvalue weighted by Crippen LogP contribution is -2.64. The van der Waals surface area contributed by atoms with Gasteiger partial charge in [-0.3, -0.25) is 9.59 Å². The van der Waals surface area contributed by atoms with Crippen LogP contribution in [-0.2, 0) is 9.59 Å². The molecule has 2 aliphatic rings. The van der Waals surface area contributed by atoms with Crippen LogP contribution in [0.25, 0.3) is 0 Å². The molecule has 1 heterocycles. The van der Waals surface area contributed by atoms with Gasteiger partial charge in [-0.1, -0.05) is 20.8 Å². The maximum Gasteiger partial charge on any atom is 0.246 e.